The second kappa shape index (κ2) is 12.5. The average molecular weight is 624 g/mol. The van der Waals surface area contributed by atoms with E-state index in [0.29, 0.717) is 18.3 Å². The first-order valence-electron chi connectivity index (χ1n) is 11.6. The summed E-state index contributed by atoms with van der Waals surface area (Å²) in [5, 5.41) is 24.9. The van der Waals surface area contributed by atoms with Crippen LogP contribution in [0.15, 0.2) is 48.8 Å². The second-order valence-corrected chi connectivity index (χ2v) is 9.49. The number of aliphatic hydroxyl groups is 2. The topological polar surface area (TPSA) is 66.2 Å². The molecule has 2 N–H and O–H groups in total. The van der Waals surface area contributed by atoms with Crippen molar-refractivity contribution in [2.75, 3.05) is 0 Å². The summed E-state index contributed by atoms with van der Waals surface area (Å²) in [5.41, 5.74) is 2.00. The van der Waals surface area contributed by atoms with Gasteiger partial charge in [0.1, 0.15) is 6.33 Å². The molecular formula is C28H35IrN2O2-. The molecule has 0 aliphatic carbocycles. The van der Waals surface area contributed by atoms with E-state index in [1.807, 2.05) is 19.1 Å². The Morgan fingerprint density at radius 3 is 1.97 bits per heavy atom. The van der Waals surface area contributed by atoms with Crippen LogP contribution in [0.25, 0.3) is 32.4 Å². The number of aromatic nitrogens is 2. The average Bonchev–Trinajstić information content (AvgIpc) is 2.73. The molecule has 33 heavy (non-hydrogen) atoms. The minimum absolute atomic E-state index is 0. The summed E-state index contributed by atoms with van der Waals surface area (Å²) in [5.74, 6) is 1.00. The predicted molar refractivity (Wildman–Crippen MR) is 134 cm³/mol. The van der Waals surface area contributed by atoms with Crippen molar-refractivity contribution in [3.05, 3.63) is 60.6 Å². The van der Waals surface area contributed by atoms with Gasteiger partial charge in [-0.1, -0.05) is 62.7 Å². The molecule has 1 aromatic heterocycles. The number of aryl methyl sites for hydroxylation is 1. The number of hydrogen-bond donors (Lipinski definition) is 2. The van der Waals surface area contributed by atoms with Gasteiger partial charge in [-0.3, -0.25) is 4.98 Å². The van der Waals surface area contributed by atoms with Crippen LogP contribution in [0.5, 0.6) is 0 Å². The quantitative estimate of drug-likeness (QED) is 0.197. The summed E-state index contributed by atoms with van der Waals surface area (Å²) in [6.07, 6.45) is 3.05. The van der Waals surface area contributed by atoms with Gasteiger partial charge in [0.25, 0.3) is 0 Å². The van der Waals surface area contributed by atoms with Crippen molar-refractivity contribution in [2.24, 2.45) is 11.8 Å². The Morgan fingerprint density at radius 2 is 1.36 bits per heavy atom. The monoisotopic (exact) mass is 624 g/mol. The predicted octanol–water partition coefficient (Wildman–Crippen LogP) is 6.23. The van der Waals surface area contributed by atoms with Gasteiger partial charge < -0.3 is 10.2 Å². The van der Waals surface area contributed by atoms with Gasteiger partial charge in [0.05, 0.1) is 12.2 Å². The van der Waals surface area contributed by atoms with Crippen LogP contribution in [-0.2, 0) is 20.1 Å². The molecule has 0 spiro atoms. The second-order valence-electron chi connectivity index (χ2n) is 9.49. The van der Waals surface area contributed by atoms with Crippen molar-refractivity contribution >= 4 is 32.4 Å². The van der Waals surface area contributed by atoms with E-state index in [9.17, 15) is 10.2 Å². The zero-order chi connectivity index (χ0) is 23.3. The molecule has 179 valence electrons. The van der Waals surface area contributed by atoms with Crippen LogP contribution in [0.2, 0.25) is 0 Å². The maximum Gasteiger partial charge on any atom is 0.105 e. The fourth-order valence-electron chi connectivity index (χ4n) is 4.37. The summed E-state index contributed by atoms with van der Waals surface area (Å²) in [6.45, 7) is 10.4. The molecule has 3 aromatic carbocycles. The zero-order valence-electron chi connectivity index (χ0n) is 20.2. The van der Waals surface area contributed by atoms with E-state index in [0.717, 1.165) is 34.8 Å². The summed E-state index contributed by atoms with van der Waals surface area (Å²) in [7, 11) is 0. The van der Waals surface area contributed by atoms with Crippen LogP contribution in [0, 0.1) is 24.8 Å². The van der Waals surface area contributed by atoms with Crippen LogP contribution < -0.4 is 0 Å². The Hall–Kier alpha value is -1.91. The SMILES string of the molecule is CC(C)CC(O)CC(O)CC(C)C.Cc1ncnc2c3[c-]cccc3c3ccccc3c12.[Ir]. The maximum absolute atomic E-state index is 9.54. The number of hydrogen-bond acceptors (Lipinski definition) is 4. The molecule has 0 aliphatic heterocycles. The van der Waals surface area contributed by atoms with E-state index in [1.165, 1.54) is 16.2 Å². The molecule has 4 nitrogen and oxygen atoms in total. The van der Waals surface area contributed by atoms with Gasteiger partial charge in [-0.15, -0.1) is 29.7 Å². The molecule has 1 heterocycles. The van der Waals surface area contributed by atoms with E-state index in [4.69, 9.17) is 0 Å². The minimum atomic E-state index is -0.339. The Morgan fingerprint density at radius 1 is 0.788 bits per heavy atom. The smallest absolute Gasteiger partial charge is 0.105 e. The van der Waals surface area contributed by atoms with E-state index in [-0.39, 0.29) is 32.3 Å². The molecular weight excluding hydrogens is 589 g/mol. The van der Waals surface area contributed by atoms with E-state index in [1.54, 1.807) is 6.33 Å². The molecule has 0 saturated carbocycles. The van der Waals surface area contributed by atoms with Crippen LogP contribution in [0.4, 0.5) is 0 Å². The van der Waals surface area contributed by atoms with Crippen LogP contribution in [0.1, 0.15) is 52.7 Å². The molecule has 0 fully saturated rings. The number of nitrogens with zero attached hydrogens (tertiary/aromatic N) is 2. The molecule has 0 amide bonds. The van der Waals surface area contributed by atoms with Gasteiger partial charge in [-0.25, -0.2) is 4.98 Å². The van der Waals surface area contributed by atoms with Crippen molar-refractivity contribution < 1.29 is 30.3 Å². The normalized spacial score (nSPS) is 13.1. The number of benzene rings is 3. The van der Waals surface area contributed by atoms with Gasteiger partial charge >= 0.3 is 0 Å². The Bertz CT molecular complexity index is 1120. The van der Waals surface area contributed by atoms with E-state index < -0.39 is 0 Å². The van der Waals surface area contributed by atoms with Crippen molar-refractivity contribution in [3.63, 3.8) is 0 Å². The van der Waals surface area contributed by atoms with Gasteiger partial charge in [0.2, 0.25) is 0 Å². The first kappa shape index (κ1) is 27.3. The van der Waals surface area contributed by atoms with Crippen molar-refractivity contribution in [3.8, 4) is 0 Å². The summed E-state index contributed by atoms with van der Waals surface area (Å²) >= 11 is 0. The summed E-state index contributed by atoms with van der Waals surface area (Å²) < 4.78 is 0. The Labute approximate surface area is 210 Å². The number of aliphatic hydroxyl groups excluding tert-OH is 2. The van der Waals surface area contributed by atoms with Gasteiger partial charge in [-0.2, -0.15) is 0 Å². The molecule has 2 unspecified atom stereocenters. The van der Waals surface area contributed by atoms with Gasteiger partial charge in [0.15, 0.2) is 0 Å². The first-order valence-corrected chi connectivity index (χ1v) is 11.6. The van der Waals surface area contributed by atoms with Crippen molar-refractivity contribution in [1.82, 2.24) is 9.97 Å². The Kier molecular flexibility index (Phi) is 10.4. The number of fused-ring (bicyclic) bond motifs is 6. The van der Waals surface area contributed by atoms with Crippen LogP contribution in [-0.4, -0.2) is 32.4 Å². The Balaban J connectivity index is 0.000000246. The first-order chi connectivity index (χ1) is 15.3. The van der Waals surface area contributed by atoms with Crippen LogP contribution >= 0.6 is 0 Å². The molecule has 5 heteroatoms. The largest absolute Gasteiger partial charge is 0.393 e. The number of rotatable bonds is 6. The summed E-state index contributed by atoms with van der Waals surface area (Å²) in [6, 6.07) is 17.8. The summed E-state index contributed by atoms with van der Waals surface area (Å²) in [4.78, 5) is 8.82. The molecule has 1 radical (unpaired) electrons. The van der Waals surface area contributed by atoms with Crippen LogP contribution in [0.3, 0.4) is 0 Å². The van der Waals surface area contributed by atoms with Gasteiger partial charge in [-0.05, 0) is 54.3 Å². The van der Waals surface area contributed by atoms with Crippen molar-refractivity contribution in [1.29, 1.82) is 0 Å². The zero-order valence-corrected chi connectivity index (χ0v) is 22.6. The molecule has 0 bridgehead atoms. The minimum Gasteiger partial charge on any atom is -0.393 e. The third-order valence-corrected chi connectivity index (χ3v) is 5.65. The third kappa shape index (κ3) is 7.04. The molecule has 4 aromatic rings. The molecule has 2 atom stereocenters. The van der Waals surface area contributed by atoms with Gasteiger partial charge in [0, 0.05) is 25.8 Å². The maximum atomic E-state index is 9.54. The van der Waals surface area contributed by atoms with E-state index in [2.05, 4.69) is 74.1 Å². The third-order valence-electron chi connectivity index (χ3n) is 5.65. The standard InChI is InChI=1S/C17H11N2.C11H24O2.Ir/c1-11-16-14-8-4-2-6-12(14)13-7-3-5-9-15(13)17(16)19-10-18-11;1-8(2)5-10(12)7-11(13)6-9(3)4;/h2-8,10H,1H3;8-13H,5-7H2,1-4H3;/q-1;;. The van der Waals surface area contributed by atoms with E-state index >= 15 is 0 Å². The van der Waals surface area contributed by atoms with Crippen molar-refractivity contribution in [2.45, 2.75) is 66.1 Å². The fraction of sp³-hybridized carbons (Fsp3) is 0.429. The molecule has 0 aliphatic rings. The molecule has 0 saturated heterocycles. The fourth-order valence-corrected chi connectivity index (χ4v) is 4.37. The molecule has 4 rings (SSSR count).